The van der Waals surface area contributed by atoms with E-state index in [1.807, 2.05) is 19.1 Å². The SMILES string of the molecule is CCNC(=NCc1cc(OC)c(OC)c(OC)c1)NCc1ncccc1F.I. The lowest BCUT2D eigenvalue weighted by molar-refractivity contribution is 0.324. The topological polar surface area (TPSA) is 77.0 Å². The molecular formula is C19H26FIN4O3. The maximum Gasteiger partial charge on any atom is 0.203 e. The summed E-state index contributed by atoms with van der Waals surface area (Å²) in [5.41, 5.74) is 1.21. The largest absolute Gasteiger partial charge is 0.493 e. The quantitative estimate of drug-likeness (QED) is 0.327. The highest BCUT2D eigenvalue weighted by Crippen LogP contribution is 2.38. The molecule has 1 aromatic heterocycles. The number of hydrogen-bond acceptors (Lipinski definition) is 5. The zero-order chi connectivity index (χ0) is 19.6. The Morgan fingerprint density at radius 3 is 2.32 bits per heavy atom. The average Bonchev–Trinajstić information content (AvgIpc) is 2.70. The van der Waals surface area contributed by atoms with Crippen LogP contribution in [-0.4, -0.2) is 38.8 Å². The first kappa shape index (κ1) is 23.7. The molecule has 154 valence electrons. The van der Waals surface area contributed by atoms with Crippen LogP contribution in [0.4, 0.5) is 4.39 Å². The second kappa shape index (κ2) is 12.2. The number of methoxy groups -OCH3 is 3. The summed E-state index contributed by atoms with van der Waals surface area (Å²) < 4.78 is 29.8. The van der Waals surface area contributed by atoms with Gasteiger partial charge in [0.2, 0.25) is 5.75 Å². The first-order chi connectivity index (χ1) is 13.1. The van der Waals surface area contributed by atoms with Gasteiger partial charge in [-0.05, 0) is 36.8 Å². The Morgan fingerprint density at radius 1 is 1.11 bits per heavy atom. The summed E-state index contributed by atoms with van der Waals surface area (Å²) in [7, 11) is 4.69. The van der Waals surface area contributed by atoms with E-state index in [1.54, 1.807) is 33.6 Å². The fourth-order valence-electron chi connectivity index (χ4n) is 2.45. The Morgan fingerprint density at radius 2 is 1.79 bits per heavy atom. The molecule has 0 aliphatic carbocycles. The lowest BCUT2D eigenvalue weighted by Gasteiger charge is -2.14. The van der Waals surface area contributed by atoms with Gasteiger partial charge >= 0.3 is 0 Å². The number of guanidine groups is 1. The smallest absolute Gasteiger partial charge is 0.203 e. The van der Waals surface area contributed by atoms with Gasteiger partial charge in [-0.3, -0.25) is 4.98 Å². The number of aromatic nitrogens is 1. The van der Waals surface area contributed by atoms with Crippen LogP contribution in [-0.2, 0) is 13.1 Å². The van der Waals surface area contributed by atoms with Gasteiger partial charge < -0.3 is 24.8 Å². The van der Waals surface area contributed by atoms with E-state index in [0.29, 0.717) is 42.0 Å². The molecule has 0 fully saturated rings. The highest BCUT2D eigenvalue weighted by molar-refractivity contribution is 14.0. The first-order valence-corrected chi connectivity index (χ1v) is 8.53. The van der Waals surface area contributed by atoms with Gasteiger partial charge in [-0.25, -0.2) is 9.38 Å². The molecule has 2 aromatic rings. The second-order valence-electron chi connectivity index (χ2n) is 5.51. The van der Waals surface area contributed by atoms with Gasteiger partial charge in [0, 0.05) is 12.7 Å². The van der Waals surface area contributed by atoms with Crippen molar-refractivity contribution in [3.05, 3.63) is 47.5 Å². The third kappa shape index (κ3) is 6.39. The number of aliphatic imine (C=N–C) groups is 1. The molecule has 0 saturated heterocycles. The Hall–Kier alpha value is -2.30. The fourth-order valence-corrected chi connectivity index (χ4v) is 2.45. The molecule has 0 atom stereocenters. The van der Waals surface area contributed by atoms with Crippen molar-refractivity contribution in [1.82, 2.24) is 15.6 Å². The van der Waals surface area contributed by atoms with E-state index in [2.05, 4.69) is 20.6 Å². The van der Waals surface area contributed by atoms with Crippen LogP contribution in [0.1, 0.15) is 18.2 Å². The molecule has 0 aliphatic rings. The summed E-state index contributed by atoms with van der Waals surface area (Å²) in [6.07, 6.45) is 1.56. The van der Waals surface area contributed by atoms with Gasteiger partial charge in [0.1, 0.15) is 5.82 Å². The minimum atomic E-state index is -0.356. The molecule has 9 heteroatoms. The van der Waals surface area contributed by atoms with E-state index >= 15 is 0 Å². The van der Waals surface area contributed by atoms with Crippen LogP contribution >= 0.6 is 24.0 Å². The molecule has 2 rings (SSSR count). The number of benzene rings is 1. The standard InChI is InChI=1S/C19H25FN4O3.HI/c1-5-21-19(24-12-15-14(20)7-6-8-22-15)23-11-13-9-16(25-2)18(27-4)17(10-13)26-3;/h6-10H,5,11-12H2,1-4H3,(H2,21,23,24);1H. The summed E-state index contributed by atoms with van der Waals surface area (Å²) in [5.74, 6) is 1.86. The molecule has 0 aliphatic heterocycles. The predicted octanol–water partition coefficient (Wildman–Crippen LogP) is 3.12. The zero-order valence-electron chi connectivity index (χ0n) is 16.4. The predicted molar refractivity (Wildman–Crippen MR) is 117 cm³/mol. The van der Waals surface area contributed by atoms with Crippen LogP contribution in [0.3, 0.4) is 0 Å². The third-order valence-corrected chi connectivity index (χ3v) is 3.75. The van der Waals surface area contributed by atoms with Crippen LogP contribution in [0, 0.1) is 5.82 Å². The molecule has 1 heterocycles. The van der Waals surface area contributed by atoms with Crippen molar-refractivity contribution in [2.45, 2.75) is 20.0 Å². The summed E-state index contributed by atoms with van der Waals surface area (Å²) >= 11 is 0. The molecule has 0 unspecified atom stereocenters. The molecule has 2 N–H and O–H groups in total. The monoisotopic (exact) mass is 504 g/mol. The molecule has 0 radical (unpaired) electrons. The molecule has 1 aromatic carbocycles. The summed E-state index contributed by atoms with van der Waals surface area (Å²) in [5, 5.41) is 6.20. The van der Waals surface area contributed by atoms with Gasteiger partial charge in [-0.1, -0.05) is 0 Å². The van der Waals surface area contributed by atoms with Crippen molar-refractivity contribution in [2.75, 3.05) is 27.9 Å². The molecule has 0 saturated carbocycles. The number of ether oxygens (including phenoxy) is 3. The van der Waals surface area contributed by atoms with Gasteiger partial charge in [0.25, 0.3) is 0 Å². The van der Waals surface area contributed by atoms with Crippen LogP contribution < -0.4 is 24.8 Å². The normalized spacial score (nSPS) is 10.7. The molecule has 0 amide bonds. The summed E-state index contributed by atoms with van der Waals surface area (Å²) in [6, 6.07) is 6.62. The number of pyridine rings is 1. The third-order valence-electron chi connectivity index (χ3n) is 3.75. The van der Waals surface area contributed by atoms with E-state index < -0.39 is 0 Å². The van der Waals surface area contributed by atoms with Gasteiger partial charge in [-0.2, -0.15) is 0 Å². The van der Waals surface area contributed by atoms with E-state index in [9.17, 15) is 4.39 Å². The molecule has 0 spiro atoms. The lowest BCUT2D eigenvalue weighted by atomic mass is 10.2. The van der Waals surface area contributed by atoms with E-state index in [4.69, 9.17) is 14.2 Å². The number of nitrogens with zero attached hydrogens (tertiary/aromatic N) is 2. The highest BCUT2D eigenvalue weighted by Gasteiger charge is 2.13. The minimum Gasteiger partial charge on any atom is -0.493 e. The number of hydrogen-bond donors (Lipinski definition) is 2. The first-order valence-electron chi connectivity index (χ1n) is 8.53. The minimum absolute atomic E-state index is 0. The van der Waals surface area contributed by atoms with Crippen LogP contribution in [0.15, 0.2) is 35.5 Å². The van der Waals surface area contributed by atoms with Crippen molar-refractivity contribution in [3.63, 3.8) is 0 Å². The van der Waals surface area contributed by atoms with Crippen molar-refractivity contribution >= 4 is 29.9 Å². The van der Waals surface area contributed by atoms with Crippen molar-refractivity contribution < 1.29 is 18.6 Å². The Bertz CT molecular complexity index is 765. The van der Waals surface area contributed by atoms with Crippen molar-refractivity contribution in [3.8, 4) is 17.2 Å². The molecule has 7 nitrogen and oxygen atoms in total. The van der Waals surface area contributed by atoms with Gasteiger partial charge in [-0.15, -0.1) is 24.0 Å². The van der Waals surface area contributed by atoms with E-state index in [1.165, 1.54) is 6.07 Å². The Balaban J connectivity index is 0.00000392. The van der Waals surface area contributed by atoms with Crippen LogP contribution in [0.5, 0.6) is 17.2 Å². The van der Waals surface area contributed by atoms with Crippen molar-refractivity contribution in [1.29, 1.82) is 0 Å². The Kier molecular flexibility index (Phi) is 10.4. The zero-order valence-corrected chi connectivity index (χ0v) is 18.7. The second-order valence-corrected chi connectivity index (χ2v) is 5.51. The lowest BCUT2D eigenvalue weighted by Crippen LogP contribution is -2.37. The maximum absolute atomic E-state index is 13.7. The van der Waals surface area contributed by atoms with E-state index in [0.717, 1.165) is 5.56 Å². The number of rotatable bonds is 8. The van der Waals surface area contributed by atoms with Gasteiger partial charge in [0.05, 0.1) is 40.1 Å². The summed E-state index contributed by atoms with van der Waals surface area (Å²) in [4.78, 5) is 8.55. The summed E-state index contributed by atoms with van der Waals surface area (Å²) in [6.45, 7) is 3.23. The molecule has 0 bridgehead atoms. The fraction of sp³-hybridized carbons (Fsp3) is 0.368. The van der Waals surface area contributed by atoms with Crippen LogP contribution in [0.2, 0.25) is 0 Å². The number of halogens is 2. The Labute approximate surface area is 181 Å². The van der Waals surface area contributed by atoms with E-state index in [-0.39, 0.29) is 36.3 Å². The molecule has 28 heavy (non-hydrogen) atoms. The van der Waals surface area contributed by atoms with Gasteiger partial charge in [0.15, 0.2) is 17.5 Å². The maximum atomic E-state index is 13.7. The average molecular weight is 504 g/mol. The number of nitrogens with one attached hydrogen (secondary N) is 2. The van der Waals surface area contributed by atoms with Crippen LogP contribution in [0.25, 0.3) is 0 Å². The van der Waals surface area contributed by atoms with Crippen molar-refractivity contribution in [2.24, 2.45) is 4.99 Å². The molecular weight excluding hydrogens is 478 g/mol. The highest BCUT2D eigenvalue weighted by atomic mass is 127.